The van der Waals surface area contributed by atoms with Gasteiger partial charge in [-0.2, -0.15) is 0 Å². The molecule has 0 unspecified atom stereocenters. The molecule has 3 heteroatoms. The van der Waals surface area contributed by atoms with Gasteiger partial charge in [-0.1, -0.05) is 5.92 Å². The summed E-state index contributed by atoms with van der Waals surface area (Å²) in [5.74, 6) is 2.68. The number of rotatable bonds is 1. The molecule has 1 amide bonds. The molecule has 0 radical (unpaired) electrons. The highest BCUT2D eigenvalue weighted by atomic mass is 16.2. The van der Waals surface area contributed by atoms with Crippen LogP contribution in [-0.2, 0) is 0 Å². The summed E-state index contributed by atoms with van der Waals surface area (Å²) in [6.45, 7) is 5.39. The van der Waals surface area contributed by atoms with Crippen molar-refractivity contribution >= 4 is 5.91 Å². The first-order valence-corrected chi connectivity index (χ1v) is 6.16. The van der Waals surface area contributed by atoms with Crippen LogP contribution in [0.15, 0.2) is 18.2 Å². The van der Waals surface area contributed by atoms with Gasteiger partial charge in [-0.25, -0.2) is 0 Å². The van der Waals surface area contributed by atoms with E-state index >= 15 is 0 Å². The average molecular weight is 242 g/mol. The first kappa shape index (κ1) is 12.7. The molecule has 0 atom stereocenters. The minimum Gasteiger partial charge on any atom is -0.336 e. The van der Waals surface area contributed by atoms with E-state index in [1.807, 2.05) is 24.0 Å². The number of nitrogens with zero attached hydrogens (tertiary/aromatic N) is 2. The predicted molar refractivity (Wildman–Crippen MR) is 72.5 cm³/mol. The Morgan fingerprint density at radius 2 is 1.89 bits per heavy atom. The van der Waals surface area contributed by atoms with Crippen LogP contribution in [0, 0.1) is 19.3 Å². The molecule has 0 spiro atoms. The van der Waals surface area contributed by atoms with Crippen LogP contribution < -0.4 is 0 Å². The fourth-order valence-corrected chi connectivity index (χ4v) is 2.18. The Morgan fingerprint density at radius 3 is 2.50 bits per heavy atom. The first-order chi connectivity index (χ1) is 8.60. The van der Waals surface area contributed by atoms with Crippen LogP contribution in [0.3, 0.4) is 0 Å². The number of likely N-dealkylation sites (N-methyl/N-ethyl adjacent to an activating group) is 1. The molecular weight excluding hydrogens is 224 g/mol. The van der Waals surface area contributed by atoms with Crippen molar-refractivity contribution in [2.75, 3.05) is 33.2 Å². The second-order valence-corrected chi connectivity index (χ2v) is 4.83. The van der Waals surface area contributed by atoms with E-state index in [9.17, 15) is 4.79 Å². The number of aryl methyl sites for hydroxylation is 1. The SMILES string of the molecule is C#Cc1cc(C)cc(C(=O)N2CCN(C)CC2)c1. The normalized spacial score (nSPS) is 16.4. The lowest BCUT2D eigenvalue weighted by atomic mass is 10.1. The van der Waals surface area contributed by atoms with Crippen LogP contribution in [0.5, 0.6) is 0 Å². The highest BCUT2D eigenvalue weighted by Gasteiger charge is 2.20. The average Bonchev–Trinajstić information content (AvgIpc) is 2.38. The molecule has 2 rings (SSSR count). The zero-order valence-electron chi connectivity index (χ0n) is 10.9. The van der Waals surface area contributed by atoms with Crippen LogP contribution >= 0.6 is 0 Å². The van der Waals surface area contributed by atoms with E-state index in [2.05, 4.69) is 17.9 Å². The molecule has 0 aliphatic carbocycles. The molecule has 1 saturated heterocycles. The molecular formula is C15H18N2O. The topological polar surface area (TPSA) is 23.6 Å². The van der Waals surface area contributed by atoms with Crippen molar-refractivity contribution in [3.8, 4) is 12.3 Å². The van der Waals surface area contributed by atoms with Crippen molar-refractivity contribution in [2.24, 2.45) is 0 Å². The Kier molecular flexibility index (Phi) is 3.69. The van der Waals surface area contributed by atoms with Crippen LogP contribution in [0.4, 0.5) is 0 Å². The smallest absolute Gasteiger partial charge is 0.253 e. The van der Waals surface area contributed by atoms with Crippen molar-refractivity contribution in [1.82, 2.24) is 9.80 Å². The van der Waals surface area contributed by atoms with E-state index in [4.69, 9.17) is 6.42 Å². The number of hydrogen-bond acceptors (Lipinski definition) is 2. The van der Waals surface area contributed by atoms with E-state index in [1.165, 1.54) is 0 Å². The third kappa shape index (κ3) is 2.72. The van der Waals surface area contributed by atoms with Gasteiger partial charge < -0.3 is 9.80 Å². The molecule has 1 fully saturated rings. The monoisotopic (exact) mass is 242 g/mol. The fraction of sp³-hybridized carbons (Fsp3) is 0.400. The Hall–Kier alpha value is -1.79. The van der Waals surface area contributed by atoms with E-state index < -0.39 is 0 Å². The van der Waals surface area contributed by atoms with E-state index in [0.717, 1.165) is 37.3 Å². The second-order valence-electron chi connectivity index (χ2n) is 4.83. The first-order valence-electron chi connectivity index (χ1n) is 6.16. The van der Waals surface area contributed by atoms with Gasteiger partial charge in [0, 0.05) is 37.3 Å². The van der Waals surface area contributed by atoms with Gasteiger partial charge in [-0.05, 0) is 37.7 Å². The molecule has 94 valence electrons. The van der Waals surface area contributed by atoms with E-state index in [-0.39, 0.29) is 5.91 Å². The zero-order chi connectivity index (χ0) is 13.1. The maximum absolute atomic E-state index is 12.4. The van der Waals surface area contributed by atoms with Gasteiger partial charge in [0.2, 0.25) is 0 Å². The summed E-state index contributed by atoms with van der Waals surface area (Å²) in [5.41, 5.74) is 2.50. The minimum absolute atomic E-state index is 0.0864. The van der Waals surface area contributed by atoms with Crippen LogP contribution in [-0.4, -0.2) is 48.9 Å². The number of hydrogen-bond donors (Lipinski definition) is 0. The van der Waals surface area contributed by atoms with Crippen molar-refractivity contribution in [3.05, 3.63) is 34.9 Å². The Labute approximate surface area is 108 Å². The second kappa shape index (κ2) is 5.24. The number of piperazine rings is 1. The van der Waals surface area contributed by atoms with E-state index in [1.54, 1.807) is 6.07 Å². The molecule has 1 heterocycles. The number of carbonyl (C=O) groups is 1. The number of terminal acetylenes is 1. The summed E-state index contributed by atoms with van der Waals surface area (Å²) in [4.78, 5) is 16.5. The van der Waals surface area contributed by atoms with Gasteiger partial charge in [-0.15, -0.1) is 6.42 Å². The Balaban J connectivity index is 2.19. The van der Waals surface area contributed by atoms with Crippen molar-refractivity contribution < 1.29 is 4.79 Å². The lowest BCUT2D eigenvalue weighted by Crippen LogP contribution is -2.47. The number of carbonyl (C=O) groups excluding carboxylic acids is 1. The van der Waals surface area contributed by atoms with Gasteiger partial charge >= 0.3 is 0 Å². The summed E-state index contributed by atoms with van der Waals surface area (Å²) >= 11 is 0. The molecule has 18 heavy (non-hydrogen) atoms. The number of benzene rings is 1. The van der Waals surface area contributed by atoms with Gasteiger partial charge in [0.15, 0.2) is 0 Å². The Bertz CT molecular complexity index is 494. The predicted octanol–water partition coefficient (Wildman–Crippen LogP) is 1.36. The molecule has 0 N–H and O–H groups in total. The molecule has 1 aliphatic rings. The standard InChI is InChI=1S/C15H18N2O/c1-4-13-9-12(2)10-14(11-13)15(18)17-7-5-16(3)6-8-17/h1,9-11H,5-8H2,2-3H3. The lowest BCUT2D eigenvalue weighted by Gasteiger charge is -2.32. The molecule has 1 aromatic carbocycles. The Morgan fingerprint density at radius 1 is 1.22 bits per heavy atom. The van der Waals surface area contributed by atoms with Crippen molar-refractivity contribution in [2.45, 2.75) is 6.92 Å². The summed E-state index contributed by atoms with van der Waals surface area (Å²) in [5, 5.41) is 0. The summed E-state index contributed by atoms with van der Waals surface area (Å²) < 4.78 is 0. The van der Waals surface area contributed by atoms with Gasteiger partial charge in [0.05, 0.1) is 0 Å². The molecule has 1 aliphatic heterocycles. The molecule has 0 aromatic heterocycles. The van der Waals surface area contributed by atoms with Crippen LogP contribution in [0.2, 0.25) is 0 Å². The molecule has 0 saturated carbocycles. The van der Waals surface area contributed by atoms with Crippen LogP contribution in [0.1, 0.15) is 21.5 Å². The largest absolute Gasteiger partial charge is 0.336 e. The van der Waals surface area contributed by atoms with Crippen molar-refractivity contribution in [1.29, 1.82) is 0 Å². The summed E-state index contributed by atoms with van der Waals surface area (Å²) in [7, 11) is 2.07. The molecule has 0 bridgehead atoms. The highest BCUT2D eigenvalue weighted by Crippen LogP contribution is 2.13. The zero-order valence-corrected chi connectivity index (χ0v) is 10.9. The summed E-state index contributed by atoms with van der Waals surface area (Å²) in [6.07, 6.45) is 5.40. The van der Waals surface area contributed by atoms with Crippen LogP contribution in [0.25, 0.3) is 0 Å². The molecule has 3 nitrogen and oxygen atoms in total. The van der Waals surface area contributed by atoms with Gasteiger partial charge in [0.25, 0.3) is 5.91 Å². The van der Waals surface area contributed by atoms with E-state index in [0.29, 0.717) is 5.56 Å². The third-order valence-electron chi connectivity index (χ3n) is 3.28. The van der Waals surface area contributed by atoms with Gasteiger partial charge in [0.1, 0.15) is 0 Å². The lowest BCUT2D eigenvalue weighted by molar-refractivity contribution is 0.0664. The number of amides is 1. The fourth-order valence-electron chi connectivity index (χ4n) is 2.18. The molecule has 1 aromatic rings. The third-order valence-corrected chi connectivity index (χ3v) is 3.28. The quantitative estimate of drug-likeness (QED) is 0.694. The van der Waals surface area contributed by atoms with Crippen molar-refractivity contribution in [3.63, 3.8) is 0 Å². The van der Waals surface area contributed by atoms with Gasteiger partial charge in [-0.3, -0.25) is 4.79 Å². The maximum Gasteiger partial charge on any atom is 0.253 e. The summed E-state index contributed by atoms with van der Waals surface area (Å²) in [6, 6.07) is 5.62. The minimum atomic E-state index is 0.0864. The maximum atomic E-state index is 12.4. The highest BCUT2D eigenvalue weighted by molar-refractivity contribution is 5.94.